The van der Waals surface area contributed by atoms with Gasteiger partial charge in [0.15, 0.2) is 11.7 Å². The summed E-state index contributed by atoms with van der Waals surface area (Å²) in [5.41, 5.74) is 2.83. The molecule has 0 aliphatic rings. The molecule has 1 heterocycles. The van der Waals surface area contributed by atoms with Gasteiger partial charge in [-0.3, -0.25) is 10.1 Å². The Kier molecular flexibility index (Phi) is 6.08. The van der Waals surface area contributed by atoms with Crippen LogP contribution in [0.25, 0.3) is 11.3 Å². The van der Waals surface area contributed by atoms with E-state index in [1.165, 1.54) is 16.9 Å². The molecule has 6 heteroatoms. The largest absolute Gasteiger partial charge is 0.496 e. The van der Waals surface area contributed by atoms with E-state index in [-0.39, 0.29) is 12.5 Å². The molecule has 27 heavy (non-hydrogen) atoms. The fraction of sp³-hybridized carbons (Fsp3) is 0.238. The average molecular weight is 382 g/mol. The zero-order chi connectivity index (χ0) is 19.2. The Bertz CT molecular complexity index is 921. The summed E-state index contributed by atoms with van der Waals surface area (Å²) in [5.74, 6) is 1.59. The zero-order valence-electron chi connectivity index (χ0n) is 15.6. The number of thiazole rings is 1. The summed E-state index contributed by atoms with van der Waals surface area (Å²) in [4.78, 5) is 16.7. The number of carbonyl (C=O) groups excluding carboxylic acids is 1. The number of hydrogen-bond acceptors (Lipinski definition) is 5. The molecule has 3 rings (SSSR count). The quantitative estimate of drug-likeness (QED) is 0.627. The number of ether oxygens (including phenoxy) is 2. The van der Waals surface area contributed by atoms with E-state index in [4.69, 9.17) is 9.47 Å². The minimum Gasteiger partial charge on any atom is -0.496 e. The first-order valence-electron chi connectivity index (χ1n) is 8.68. The van der Waals surface area contributed by atoms with E-state index in [1.807, 2.05) is 53.9 Å². The lowest BCUT2D eigenvalue weighted by Crippen LogP contribution is -2.20. The highest BCUT2D eigenvalue weighted by molar-refractivity contribution is 7.14. The maximum absolute atomic E-state index is 12.2. The van der Waals surface area contributed by atoms with Gasteiger partial charge in [0, 0.05) is 10.9 Å². The zero-order valence-corrected chi connectivity index (χ0v) is 16.4. The van der Waals surface area contributed by atoms with Crippen molar-refractivity contribution in [2.24, 2.45) is 0 Å². The van der Waals surface area contributed by atoms with E-state index < -0.39 is 0 Å². The molecule has 140 valence electrons. The molecule has 0 saturated carbocycles. The number of para-hydroxylation sites is 1. The predicted molar refractivity (Wildman–Crippen MR) is 109 cm³/mol. The van der Waals surface area contributed by atoms with Crippen molar-refractivity contribution in [3.05, 3.63) is 59.5 Å². The van der Waals surface area contributed by atoms with Gasteiger partial charge in [-0.05, 0) is 35.7 Å². The number of amides is 1. The second kappa shape index (κ2) is 8.68. The molecule has 1 amide bonds. The number of nitrogens with one attached hydrogen (secondary N) is 1. The number of hydrogen-bond donors (Lipinski definition) is 1. The molecule has 0 bridgehead atoms. The summed E-state index contributed by atoms with van der Waals surface area (Å²) < 4.78 is 11.0. The van der Waals surface area contributed by atoms with Crippen LogP contribution in [0.4, 0.5) is 5.13 Å². The minimum atomic E-state index is -0.245. The minimum absolute atomic E-state index is 0.0644. The van der Waals surface area contributed by atoms with E-state index in [0.29, 0.717) is 16.8 Å². The van der Waals surface area contributed by atoms with Crippen LogP contribution in [0.3, 0.4) is 0 Å². The predicted octanol–water partition coefficient (Wildman–Crippen LogP) is 4.96. The lowest BCUT2D eigenvalue weighted by Gasteiger charge is -2.09. The Morgan fingerprint density at radius 2 is 2.00 bits per heavy atom. The molecule has 0 unspecified atom stereocenters. The van der Waals surface area contributed by atoms with Crippen molar-refractivity contribution in [2.45, 2.75) is 19.8 Å². The first-order chi connectivity index (χ1) is 13.1. The van der Waals surface area contributed by atoms with Crippen LogP contribution in [0.1, 0.15) is 25.3 Å². The highest BCUT2D eigenvalue weighted by Crippen LogP contribution is 2.31. The number of aromatic nitrogens is 1. The van der Waals surface area contributed by atoms with Crippen LogP contribution < -0.4 is 14.8 Å². The maximum Gasteiger partial charge on any atom is 0.264 e. The number of rotatable bonds is 7. The third-order valence-corrected chi connectivity index (χ3v) is 4.79. The van der Waals surface area contributed by atoms with E-state index in [2.05, 4.69) is 24.1 Å². The van der Waals surface area contributed by atoms with Gasteiger partial charge in [-0.1, -0.05) is 38.1 Å². The van der Waals surface area contributed by atoms with Crippen LogP contribution in [0.5, 0.6) is 11.5 Å². The molecule has 2 aromatic carbocycles. The summed E-state index contributed by atoms with van der Waals surface area (Å²) in [6.45, 7) is 4.17. The summed E-state index contributed by atoms with van der Waals surface area (Å²) in [6, 6.07) is 15.4. The molecule has 1 N–H and O–H groups in total. The summed E-state index contributed by atoms with van der Waals surface area (Å²) in [7, 11) is 1.62. The molecule has 0 radical (unpaired) electrons. The monoisotopic (exact) mass is 382 g/mol. The van der Waals surface area contributed by atoms with Gasteiger partial charge in [0.2, 0.25) is 0 Å². The smallest absolute Gasteiger partial charge is 0.264 e. The Hall–Kier alpha value is -2.86. The standard InChI is InChI=1S/C21H22N2O3S/c1-14(2)15-7-6-8-16(11-15)26-12-20(24)23-21-22-18(13-27-21)17-9-4-5-10-19(17)25-3/h4-11,13-14H,12H2,1-3H3,(H,22,23,24). The molecule has 0 aliphatic carbocycles. The first-order valence-corrected chi connectivity index (χ1v) is 9.56. The third-order valence-electron chi connectivity index (χ3n) is 4.03. The van der Waals surface area contributed by atoms with Gasteiger partial charge in [-0.25, -0.2) is 4.98 Å². The van der Waals surface area contributed by atoms with Crippen LogP contribution in [0.2, 0.25) is 0 Å². The Labute approximate surface area is 163 Å². The molecule has 5 nitrogen and oxygen atoms in total. The van der Waals surface area contributed by atoms with Gasteiger partial charge in [-0.15, -0.1) is 11.3 Å². The Morgan fingerprint density at radius 3 is 2.78 bits per heavy atom. The lowest BCUT2D eigenvalue weighted by molar-refractivity contribution is -0.118. The van der Waals surface area contributed by atoms with Crippen molar-refractivity contribution in [1.29, 1.82) is 0 Å². The van der Waals surface area contributed by atoms with Gasteiger partial charge in [0.25, 0.3) is 5.91 Å². The normalized spacial score (nSPS) is 10.7. The number of benzene rings is 2. The molecular formula is C21H22N2O3S. The van der Waals surface area contributed by atoms with Crippen molar-refractivity contribution < 1.29 is 14.3 Å². The second-order valence-electron chi connectivity index (χ2n) is 6.30. The van der Waals surface area contributed by atoms with Crippen LogP contribution in [0, 0.1) is 0 Å². The van der Waals surface area contributed by atoms with Crippen LogP contribution in [-0.2, 0) is 4.79 Å². The van der Waals surface area contributed by atoms with Crippen LogP contribution in [0.15, 0.2) is 53.9 Å². The van der Waals surface area contributed by atoms with Crippen molar-refractivity contribution in [3.8, 4) is 22.8 Å². The van der Waals surface area contributed by atoms with Crippen molar-refractivity contribution >= 4 is 22.4 Å². The SMILES string of the molecule is COc1ccccc1-c1csc(NC(=O)COc2cccc(C(C)C)c2)n1. The topological polar surface area (TPSA) is 60.5 Å². The Morgan fingerprint density at radius 1 is 1.19 bits per heavy atom. The number of carbonyl (C=O) groups is 1. The molecule has 0 fully saturated rings. The summed E-state index contributed by atoms with van der Waals surface area (Å²) in [6.07, 6.45) is 0. The van der Waals surface area contributed by atoms with E-state index in [1.54, 1.807) is 7.11 Å². The van der Waals surface area contributed by atoms with Crippen molar-refractivity contribution in [2.75, 3.05) is 19.0 Å². The number of methoxy groups -OCH3 is 1. The number of anilines is 1. The van der Waals surface area contributed by atoms with Gasteiger partial charge >= 0.3 is 0 Å². The maximum atomic E-state index is 12.2. The molecule has 3 aromatic rings. The van der Waals surface area contributed by atoms with E-state index >= 15 is 0 Å². The fourth-order valence-electron chi connectivity index (χ4n) is 2.58. The molecule has 0 spiro atoms. The van der Waals surface area contributed by atoms with E-state index in [9.17, 15) is 4.79 Å². The van der Waals surface area contributed by atoms with Crippen molar-refractivity contribution in [1.82, 2.24) is 4.98 Å². The molecule has 0 aliphatic heterocycles. The van der Waals surface area contributed by atoms with Gasteiger partial charge in [0.05, 0.1) is 12.8 Å². The molecule has 0 saturated heterocycles. The van der Waals surface area contributed by atoms with Crippen LogP contribution in [-0.4, -0.2) is 24.6 Å². The number of nitrogens with zero attached hydrogens (tertiary/aromatic N) is 1. The molecule has 1 aromatic heterocycles. The summed E-state index contributed by atoms with van der Waals surface area (Å²) >= 11 is 1.37. The lowest BCUT2D eigenvalue weighted by atomic mass is 10.0. The Balaban J connectivity index is 1.60. The van der Waals surface area contributed by atoms with Gasteiger partial charge in [0.1, 0.15) is 11.5 Å². The van der Waals surface area contributed by atoms with E-state index in [0.717, 1.165) is 17.0 Å². The van der Waals surface area contributed by atoms with Gasteiger partial charge in [-0.2, -0.15) is 0 Å². The summed E-state index contributed by atoms with van der Waals surface area (Å²) in [5, 5.41) is 5.20. The molecule has 0 atom stereocenters. The highest BCUT2D eigenvalue weighted by Gasteiger charge is 2.12. The van der Waals surface area contributed by atoms with Crippen LogP contribution >= 0.6 is 11.3 Å². The second-order valence-corrected chi connectivity index (χ2v) is 7.16. The van der Waals surface area contributed by atoms with Gasteiger partial charge < -0.3 is 9.47 Å². The first kappa shape index (κ1) is 18.9. The van der Waals surface area contributed by atoms with Crippen molar-refractivity contribution in [3.63, 3.8) is 0 Å². The average Bonchev–Trinajstić information content (AvgIpc) is 3.14. The molecular weight excluding hydrogens is 360 g/mol. The fourth-order valence-corrected chi connectivity index (χ4v) is 3.31. The highest BCUT2D eigenvalue weighted by atomic mass is 32.1. The third kappa shape index (κ3) is 4.86.